The zero-order chi connectivity index (χ0) is 36.6. The average molecular weight is 722 g/mol. The van der Waals surface area contributed by atoms with Crippen LogP contribution in [0.25, 0.3) is 11.3 Å². The number of ether oxygens (including phenoxy) is 1. The Hall–Kier alpha value is -4.58. The first-order valence-corrected chi connectivity index (χ1v) is 19.7. The molecule has 0 unspecified atom stereocenters. The number of aromatic nitrogens is 4. The number of rotatable bonds is 7. The molecule has 2 aromatic heterocycles. The first-order valence-electron chi connectivity index (χ1n) is 18.2. The first-order chi connectivity index (χ1) is 24.7. The van der Waals surface area contributed by atoms with Gasteiger partial charge < -0.3 is 14.5 Å². The molecule has 0 radical (unpaired) electrons. The van der Waals surface area contributed by atoms with E-state index in [4.69, 9.17) is 9.72 Å². The van der Waals surface area contributed by atoms with E-state index in [1.165, 1.54) is 37.8 Å². The van der Waals surface area contributed by atoms with Crippen molar-refractivity contribution in [3.05, 3.63) is 83.3 Å². The highest BCUT2D eigenvalue weighted by atomic mass is 32.2. The van der Waals surface area contributed by atoms with Crippen LogP contribution in [-0.4, -0.2) is 65.4 Å². The number of sulfonamides is 1. The van der Waals surface area contributed by atoms with Gasteiger partial charge in [0.05, 0.1) is 41.3 Å². The molecule has 1 atom stereocenters. The van der Waals surface area contributed by atoms with Crippen LogP contribution < -0.4 is 14.4 Å². The molecule has 2 aromatic carbocycles. The average Bonchev–Trinajstić information content (AvgIpc) is 4.03. The van der Waals surface area contributed by atoms with Gasteiger partial charge in [-0.25, -0.2) is 23.1 Å². The molecule has 1 aliphatic heterocycles. The molecule has 2 spiro atoms. The Balaban J connectivity index is 1.17. The highest BCUT2D eigenvalue weighted by molar-refractivity contribution is 7.92. The monoisotopic (exact) mass is 721 g/mol. The summed E-state index contributed by atoms with van der Waals surface area (Å²) in [5.41, 5.74) is 5.23. The third-order valence-corrected chi connectivity index (χ3v) is 13.0. The number of amides is 1. The second-order valence-electron chi connectivity index (χ2n) is 16.6. The molecule has 52 heavy (non-hydrogen) atoms. The standard InChI is InChI=1S/C40H47N7O4S/c1-25-9-7-10-26(2)35(25)31-18-34-44-37(43-31)45-52(49,50)30-12-8-11-27(17-30)36(48)47(29(24-51-34)19-38(3,4)5)22-28-20-41-21-33(42-28)46(6)23-32-39(13-14-39)40(32)15-16-40/h7-12,17-18,20-21,29,32H,13-16,19,22-24H2,1-6H3,(H,43,44,45)/t29-/m1/s1. The van der Waals surface area contributed by atoms with Crippen LogP contribution in [0.15, 0.2) is 65.8 Å². The number of fused-ring (bicyclic) bond motifs is 5. The third kappa shape index (κ3) is 6.28. The van der Waals surface area contributed by atoms with Gasteiger partial charge in [-0.3, -0.25) is 9.78 Å². The Kier molecular flexibility index (Phi) is 8.13. The summed E-state index contributed by atoms with van der Waals surface area (Å²) < 4.78 is 36.5. The van der Waals surface area contributed by atoms with Crippen molar-refractivity contribution in [3.63, 3.8) is 0 Å². The summed E-state index contributed by atoms with van der Waals surface area (Å²) in [7, 11) is -2.09. The lowest BCUT2D eigenvalue weighted by Gasteiger charge is -2.35. The van der Waals surface area contributed by atoms with Crippen molar-refractivity contribution in [2.75, 3.05) is 29.8 Å². The second kappa shape index (κ2) is 12.2. The first kappa shape index (κ1) is 34.5. The summed E-state index contributed by atoms with van der Waals surface area (Å²) in [5.74, 6) is 1.27. The number of nitrogens with zero attached hydrogens (tertiary/aromatic N) is 6. The lowest BCUT2D eigenvalue weighted by Crippen LogP contribution is -2.45. The highest BCUT2D eigenvalue weighted by Gasteiger charge is 2.86. The van der Waals surface area contributed by atoms with Crippen molar-refractivity contribution >= 4 is 27.7 Å². The van der Waals surface area contributed by atoms with Crippen LogP contribution in [0.4, 0.5) is 11.8 Å². The maximum Gasteiger partial charge on any atom is 0.264 e. The Morgan fingerprint density at radius 1 is 0.962 bits per heavy atom. The number of carbonyl (C=O) groups is 1. The molecule has 3 heterocycles. The fourth-order valence-electron chi connectivity index (χ4n) is 8.90. The Morgan fingerprint density at radius 3 is 2.33 bits per heavy atom. The van der Waals surface area contributed by atoms with E-state index in [1.54, 1.807) is 35.5 Å². The molecule has 4 aromatic rings. The minimum Gasteiger partial charge on any atom is -0.475 e. The summed E-state index contributed by atoms with van der Waals surface area (Å²) in [6.07, 6.45) is 9.52. The number of anilines is 2. The third-order valence-electron chi connectivity index (χ3n) is 11.7. The van der Waals surface area contributed by atoms with E-state index in [9.17, 15) is 13.2 Å². The Bertz CT molecular complexity index is 2140. The zero-order valence-corrected chi connectivity index (χ0v) is 31.6. The van der Waals surface area contributed by atoms with Gasteiger partial charge in [0.1, 0.15) is 12.4 Å². The van der Waals surface area contributed by atoms with Gasteiger partial charge in [0, 0.05) is 30.8 Å². The molecular formula is C40H47N7O4S. The van der Waals surface area contributed by atoms with Gasteiger partial charge in [0.15, 0.2) is 0 Å². The molecule has 3 aliphatic carbocycles. The van der Waals surface area contributed by atoms with Crippen molar-refractivity contribution in [1.82, 2.24) is 24.8 Å². The van der Waals surface area contributed by atoms with Gasteiger partial charge in [0.2, 0.25) is 11.8 Å². The van der Waals surface area contributed by atoms with Crippen LogP contribution in [0.2, 0.25) is 0 Å². The van der Waals surface area contributed by atoms with Gasteiger partial charge >= 0.3 is 0 Å². The number of hydrogen-bond donors (Lipinski definition) is 1. The van der Waals surface area contributed by atoms with Gasteiger partial charge in [0.25, 0.3) is 15.9 Å². The topological polar surface area (TPSA) is 131 Å². The summed E-state index contributed by atoms with van der Waals surface area (Å²) in [4.78, 5) is 37.3. The normalized spacial score (nSPS) is 21.0. The molecule has 3 saturated carbocycles. The van der Waals surface area contributed by atoms with Crippen molar-refractivity contribution in [2.24, 2.45) is 22.2 Å². The van der Waals surface area contributed by atoms with E-state index in [1.807, 2.05) is 32.0 Å². The van der Waals surface area contributed by atoms with E-state index in [0.717, 1.165) is 35.0 Å². The molecule has 0 saturated heterocycles. The molecule has 8 rings (SSSR count). The Morgan fingerprint density at radius 2 is 1.65 bits per heavy atom. The summed E-state index contributed by atoms with van der Waals surface area (Å²) in [6.45, 7) is 11.6. The Labute approximate surface area is 306 Å². The maximum atomic E-state index is 14.6. The number of hydrogen-bond acceptors (Lipinski definition) is 9. The van der Waals surface area contributed by atoms with Crippen molar-refractivity contribution in [3.8, 4) is 17.1 Å². The predicted molar refractivity (Wildman–Crippen MR) is 200 cm³/mol. The predicted octanol–water partition coefficient (Wildman–Crippen LogP) is 6.82. The van der Waals surface area contributed by atoms with Crippen LogP contribution in [-0.2, 0) is 16.6 Å². The number of aryl methyl sites for hydroxylation is 2. The smallest absolute Gasteiger partial charge is 0.264 e. The molecule has 272 valence electrons. The van der Waals surface area contributed by atoms with Gasteiger partial charge in [-0.2, -0.15) is 4.98 Å². The van der Waals surface area contributed by atoms with Crippen LogP contribution in [0.1, 0.15) is 80.1 Å². The van der Waals surface area contributed by atoms with Crippen LogP contribution in [0.5, 0.6) is 5.88 Å². The van der Waals surface area contributed by atoms with Crippen LogP contribution in [0.3, 0.4) is 0 Å². The van der Waals surface area contributed by atoms with Gasteiger partial charge in [-0.15, -0.1) is 0 Å². The minimum atomic E-state index is -4.18. The summed E-state index contributed by atoms with van der Waals surface area (Å²) >= 11 is 0. The molecule has 12 heteroatoms. The molecular weight excluding hydrogens is 675 g/mol. The molecule has 1 amide bonds. The van der Waals surface area contributed by atoms with Gasteiger partial charge in [-0.1, -0.05) is 45.0 Å². The minimum absolute atomic E-state index is 0.0705. The molecule has 11 nitrogen and oxygen atoms in total. The number of benzene rings is 2. The molecule has 4 aliphatic rings. The van der Waals surface area contributed by atoms with Crippen molar-refractivity contribution in [2.45, 2.75) is 84.2 Å². The summed E-state index contributed by atoms with van der Waals surface area (Å²) in [6, 6.07) is 13.3. The lowest BCUT2D eigenvalue weighted by molar-refractivity contribution is 0.0509. The molecule has 3 fully saturated rings. The molecule has 1 N–H and O–H groups in total. The lowest BCUT2D eigenvalue weighted by atomic mass is 9.87. The quantitative estimate of drug-likeness (QED) is 0.219. The SMILES string of the molecule is Cc1cccc(C)c1-c1cc2nc(n1)NS(=O)(=O)c1cccc(c1)C(=O)N(Cc1cncc(N(C)CC3C4(CC4)C34CC4)n1)[C@H](CC(C)(C)C)CO2. The van der Waals surface area contributed by atoms with E-state index in [2.05, 4.69) is 52.4 Å². The number of nitrogens with one attached hydrogen (secondary N) is 1. The second-order valence-corrected chi connectivity index (χ2v) is 18.3. The van der Waals surface area contributed by atoms with E-state index in [0.29, 0.717) is 28.6 Å². The van der Waals surface area contributed by atoms with Gasteiger partial charge in [-0.05, 0) is 97.4 Å². The largest absolute Gasteiger partial charge is 0.475 e. The van der Waals surface area contributed by atoms with Crippen LogP contribution in [0, 0.1) is 36.0 Å². The van der Waals surface area contributed by atoms with Crippen LogP contribution >= 0.6 is 0 Å². The zero-order valence-electron chi connectivity index (χ0n) is 30.8. The maximum absolute atomic E-state index is 14.6. The van der Waals surface area contributed by atoms with Crippen molar-refractivity contribution in [1.29, 1.82) is 0 Å². The van der Waals surface area contributed by atoms with E-state index < -0.39 is 16.1 Å². The fraction of sp³-hybridized carbons (Fsp3) is 0.475. The number of carbonyl (C=O) groups excluding carboxylic acids is 1. The fourth-order valence-corrected chi connectivity index (χ4v) is 9.88. The van der Waals surface area contributed by atoms with E-state index >= 15 is 0 Å². The highest BCUT2D eigenvalue weighted by Crippen LogP contribution is 2.92. The van der Waals surface area contributed by atoms with Crippen molar-refractivity contribution < 1.29 is 17.9 Å². The molecule has 4 bridgehead atoms. The van der Waals surface area contributed by atoms with E-state index in [-0.39, 0.29) is 46.8 Å². The summed E-state index contributed by atoms with van der Waals surface area (Å²) in [5, 5.41) is 0.